The lowest BCUT2D eigenvalue weighted by atomic mass is 10.2. The van der Waals surface area contributed by atoms with E-state index in [0.717, 1.165) is 15.3 Å². The third-order valence-electron chi connectivity index (χ3n) is 4.75. The second-order valence-corrected chi connectivity index (χ2v) is 9.61. The summed E-state index contributed by atoms with van der Waals surface area (Å²) in [6.45, 7) is -0.311. The van der Waals surface area contributed by atoms with E-state index in [9.17, 15) is 22.4 Å². The number of nitrogens with one attached hydrogen (secondary N) is 1. The number of amides is 2. The van der Waals surface area contributed by atoms with Gasteiger partial charge in [0.1, 0.15) is 5.82 Å². The van der Waals surface area contributed by atoms with Gasteiger partial charge in [0.15, 0.2) is 0 Å². The van der Waals surface area contributed by atoms with Crippen LogP contribution in [0.15, 0.2) is 77.7 Å². The molecule has 0 fully saturated rings. The van der Waals surface area contributed by atoms with Gasteiger partial charge in [0.25, 0.3) is 15.9 Å². The number of likely N-dealkylation sites (N-methyl/N-ethyl adjacent to an activating group) is 1. The number of anilines is 2. The van der Waals surface area contributed by atoms with Crippen LogP contribution in [-0.4, -0.2) is 45.8 Å². The zero-order valence-electron chi connectivity index (χ0n) is 17.8. The molecule has 7 nitrogen and oxygen atoms in total. The molecule has 0 aliphatic heterocycles. The standard InChI is InChI=1S/C23H21ClFN3O4S/c1-27(15-22(29)26-19-9-5-8-18(25)14-19)23(30)16-6-3-11-21(12-16)33(31,32)28(2)20-10-4-7-17(24)13-20/h3-14H,15H2,1-2H3,(H,26,29). The van der Waals surface area contributed by atoms with Gasteiger partial charge in [0.05, 0.1) is 17.1 Å². The first kappa shape index (κ1) is 24.2. The van der Waals surface area contributed by atoms with E-state index in [-0.39, 0.29) is 22.7 Å². The Bertz CT molecular complexity index is 1300. The number of hydrogen-bond acceptors (Lipinski definition) is 4. The Labute approximate surface area is 196 Å². The van der Waals surface area contributed by atoms with Crippen LogP contribution < -0.4 is 9.62 Å². The first-order chi connectivity index (χ1) is 15.6. The van der Waals surface area contributed by atoms with Gasteiger partial charge in [-0.3, -0.25) is 13.9 Å². The van der Waals surface area contributed by atoms with Crippen LogP contribution in [0.4, 0.5) is 15.8 Å². The second kappa shape index (κ2) is 10.0. The molecule has 0 saturated carbocycles. The lowest BCUT2D eigenvalue weighted by Crippen LogP contribution is -2.35. The minimum Gasteiger partial charge on any atom is -0.332 e. The molecular weight excluding hydrogens is 469 g/mol. The quantitative estimate of drug-likeness (QED) is 0.543. The van der Waals surface area contributed by atoms with E-state index in [1.54, 1.807) is 18.2 Å². The summed E-state index contributed by atoms with van der Waals surface area (Å²) in [6, 6.07) is 17.3. The predicted octanol–water partition coefficient (Wildman–Crippen LogP) is 4.01. The molecule has 3 rings (SSSR count). The molecule has 0 radical (unpaired) electrons. The largest absolute Gasteiger partial charge is 0.332 e. The molecule has 0 spiro atoms. The van der Waals surface area contributed by atoms with Gasteiger partial charge in [-0.15, -0.1) is 0 Å². The highest BCUT2D eigenvalue weighted by atomic mass is 35.5. The molecule has 0 heterocycles. The van der Waals surface area contributed by atoms with Crippen molar-refractivity contribution in [1.82, 2.24) is 4.90 Å². The monoisotopic (exact) mass is 489 g/mol. The van der Waals surface area contributed by atoms with Crippen molar-refractivity contribution in [1.29, 1.82) is 0 Å². The number of benzene rings is 3. The molecule has 10 heteroatoms. The maximum atomic E-state index is 13.3. The van der Waals surface area contributed by atoms with Crippen molar-refractivity contribution in [3.05, 3.63) is 89.2 Å². The molecular formula is C23H21ClFN3O4S. The maximum Gasteiger partial charge on any atom is 0.264 e. The average molecular weight is 490 g/mol. The summed E-state index contributed by atoms with van der Waals surface area (Å²) in [5.74, 6) is -1.58. The lowest BCUT2D eigenvalue weighted by Gasteiger charge is -2.21. The highest BCUT2D eigenvalue weighted by molar-refractivity contribution is 7.92. The summed E-state index contributed by atoms with van der Waals surface area (Å²) in [6.07, 6.45) is 0. The van der Waals surface area contributed by atoms with Gasteiger partial charge < -0.3 is 10.2 Å². The molecule has 2 amide bonds. The highest BCUT2D eigenvalue weighted by Gasteiger charge is 2.24. The van der Waals surface area contributed by atoms with E-state index >= 15 is 0 Å². The van der Waals surface area contributed by atoms with Crippen molar-refractivity contribution in [2.75, 3.05) is 30.3 Å². The van der Waals surface area contributed by atoms with Crippen LogP contribution in [0.5, 0.6) is 0 Å². The summed E-state index contributed by atoms with van der Waals surface area (Å²) in [5.41, 5.74) is 0.722. The number of sulfonamides is 1. The zero-order chi connectivity index (χ0) is 24.2. The predicted molar refractivity (Wildman–Crippen MR) is 125 cm³/mol. The van der Waals surface area contributed by atoms with Crippen molar-refractivity contribution >= 4 is 44.8 Å². The summed E-state index contributed by atoms with van der Waals surface area (Å²) in [4.78, 5) is 26.1. The first-order valence-electron chi connectivity index (χ1n) is 9.73. The topological polar surface area (TPSA) is 86.8 Å². The molecule has 33 heavy (non-hydrogen) atoms. The van der Waals surface area contributed by atoms with Gasteiger partial charge in [0.2, 0.25) is 5.91 Å². The smallest absolute Gasteiger partial charge is 0.264 e. The van der Waals surface area contributed by atoms with Gasteiger partial charge in [-0.1, -0.05) is 29.8 Å². The highest BCUT2D eigenvalue weighted by Crippen LogP contribution is 2.25. The van der Waals surface area contributed by atoms with Gasteiger partial charge in [-0.25, -0.2) is 12.8 Å². The summed E-state index contributed by atoms with van der Waals surface area (Å²) >= 11 is 5.96. The summed E-state index contributed by atoms with van der Waals surface area (Å²) in [5, 5.41) is 2.89. The number of nitrogens with zero attached hydrogens (tertiary/aromatic N) is 2. The van der Waals surface area contributed by atoms with E-state index in [4.69, 9.17) is 11.6 Å². The zero-order valence-corrected chi connectivity index (χ0v) is 19.4. The Morgan fingerprint density at radius 2 is 1.67 bits per heavy atom. The summed E-state index contributed by atoms with van der Waals surface area (Å²) < 4.78 is 40.5. The number of halogens is 2. The average Bonchev–Trinajstić information content (AvgIpc) is 2.78. The van der Waals surface area contributed by atoms with Crippen molar-refractivity contribution in [3.63, 3.8) is 0 Å². The molecule has 172 valence electrons. The van der Waals surface area contributed by atoms with Crippen LogP contribution >= 0.6 is 11.6 Å². The molecule has 3 aromatic carbocycles. The summed E-state index contributed by atoms with van der Waals surface area (Å²) in [7, 11) is -1.17. The number of rotatable bonds is 7. The third-order valence-corrected chi connectivity index (χ3v) is 6.76. The van der Waals surface area contributed by atoms with Gasteiger partial charge in [0, 0.05) is 30.4 Å². The Balaban J connectivity index is 1.75. The molecule has 0 aliphatic rings. The van der Waals surface area contributed by atoms with E-state index in [0.29, 0.717) is 10.7 Å². The van der Waals surface area contributed by atoms with Crippen LogP contribution in [0.25, 0.3) is 0 Å². The molecule has 0 aromatic heterocycles. The fourth-order valence-electron chi connectivity index (χ4n) is 3.03. The fraction of sp³-hybridized carbons (Fsp3) is 0.130. The Kier molecular flexibility index (Phi) is 7.35. The Hall–Kier alpha value is -3.43. The van der Waals surface area contributed by atoms with E-state index < -0.39 is 27.7 Å². The molecule has 0 atom stereocenters. The van der Waals surface area contributed by atoms with Gasteiger partial charge >= 0.3 is 0 Å². The van der Waals surface area contributed by atoms with Crippen LogP contribution in [0, 0.1) is 5.82 Å². The Morgan fingerprint density at radius 3 is 2.36 bits per heavy atom. The minimum absolute atomic E-state index is 0.0894. The van der Waals surface area contributed by atoms with E-state index in [1.165, 1.54) is 62.6 Å². The van der Waals surface area contributed by atoms with Gasteiger partial charge in [-0.05, 0) is 54.6 Å². The van der Waals surface area contributed by atoms with Crippen molar-refractivity contribution in [3.8, 4) is 0 Å². The van der Waals surface area contributed by atoms with Crippen LogP contribution in [-0.2, 0) is 14.8 Å². The molecule has 0 bridgehead atoms. The molecule has 0 aliphatic carbocycles. The molecule has 0 saturated heterocycles. The van der Waals surface area contributed by atoms with Crippen molar-refractivity contribution < 1.29 is 22.4 Å². The molecule has 1 N–H and O–H groups in total. The molecule has 3 aromatic rings. The number of carbonyl (C=O) groups excluding carboxylic acids is 2. The van der Waals surface area contributed by atoms with Crippen LogP contribution in [0.3, 0.4) is 0 Å². The van der Waals surface area contributed by atoms with Crippen LogP contribution in [0.1, 0.15) is 10.4 Å². The van der Waals surface area contributed by atoms with E-state index in [1.807, 2.05) is 0 Å². The van der Waals surface area contributed by atoms with Gasteiger partial charge in [-0.2, -0.15) is 0 Å². The Morgan fingerprint density at radius 1 is 0.970 bits per heavy atom. The van der Waals surface area contributed by atoms with E-state index in [2.05, 4.69) is 5.32 Å². The fourth-order valence-corrected chi connectivity index (χ4v) is 4.45. The second-order valence-electron chi connectivity index (χ2n) is 7.20. The van der Waals surface area contributed by atoms with Crippen molar-refractivity contribution in [2.45, 2.75) is 4.90 Å². The number of hydrogen-bond donors (Lipinski definition) is 1. The van der Waals surface area contributed by atoms with Crippen molar-refractivity contribution in [2.24, 2.45) is 0 Å². The SMILES string of the molecule is CN(CC(=O)Nc1cccc(F)c1)C(=O)c1cccc(S(=O)(=O)N(C)c2cccc(Cl)c2)c1. The minimum atomic E-state index is -3.97. The van der Waals surface area contributed by atoms with Crippen LogP contribution in [0.2, 0.25) is 5.02 Å². The number of carbonyl (C=O) groups is 2. The molecule has 0 unspecified atom stereocenters. The lowest BCUT2D eigenvalue weighted by molar-refractivity contribution is -0.116. The third kappa shape index (κ3) is 5.88. The first-order valence-corrected chi connectivity index (χ1v) is 11.5. The normalized spacial score (nSPS) is 11.0. The maximum absolute atomic E-state index is 13.3.